The fraction of sp³-hybridized carbons (Fsp3) is 0.400. The van der Waals surface area contributed by atoms with Gasteiger partial charge in [-0.2, -0.15) is 4.31 Å². The number of hydrogen-bond acceptors (Lipinski definition) is 3. The van der Waals surface area contributed by atoms with Gasteiger partial charge in [0.1, 0.15) is 0 Å². The summed E-state index contributed by atoms with van der Waals surface area (Å²) >= 11 is 3.43. The highest BCUT2D eigenvalue weighted by molar-refractivity contribution is 9.10. The van der Waals surface area contributed by atoms with E-state index >= 15 is 0 Å². The molecule has 0 aliphatic carbocycles. The van der Waals surface area contributed by atoms with Crippen molar-refractivity contribution >= 4 is 31.6 Å². The number of anilines is 1. The molecule has 0 aromatic heterocycles. The van der Waals surface area contributed by atoms with E-state index in [1.54, 1.807) is 10.4 Å². The summed E-state index contributed by atoms with van der Waals surface area (Å²) < 4.78 is 28.5. The highest BCUT2D eigenvalue weighted by Gasteiger charge is 2.30. The maximum absolute atomic E-state index is 13.1. The highest BCUT2D eigenvalue weighted by Crippen LogP contribution is 2.30. The van der Waals surface area contributed by atoms with Gasteiger partial charge in [-0.1, -0.05) is 25.1 Å². The summed E-state index contributed by atoms with van der Waals surface area (Å²) in [5.41, 5.74) is 4.60. The second kappa shape index (κ2) is 7.71. The Morgan fingerprint density at radius 2 is 1.62 bits per heavy atom. The van der Waals surface area contributed by atoms with Crippen LogP contribution in [0.5, 0.6) is 0 Å². The number of nitrogens with zero attached hydrogens (tertiary/aromatic N) is 2. The zero-order valence-electron chi connectivity index (χ0n) is 15.5. The van der Waals surface area contributed by atoms with Gasteiger partial charge in [-0.15, -0.1) is 0 Å². The van der Waals surface area contributed by atoms with Gasteiger partial charge < -0.3 is 4.90 Å². The molecule has 0 radical (unpaired) electrons. The van der Waals surface area contributed by atoms with Crippen molar-refractivity contribution in [3.63, 3.8) is 0 Å². The number of benzene rings is 2. The van der Waals surface area contributed by atoms with E-state index in [1.165, 1.54) is 11.3 Å². The summed E-state index contributed by atoms with van der Waals surface area (Å²) in [6.45, 7) is 8.49. The quantitative estimate of drug-likeness (QED) is 0.722. The number of piperazine rings is 1. The minimum absolute atomic E-state index is 0.364. The van der Waals surface area contributed by atoms with Crippen LogP contribution in [0, 0.1) is 13.8 Å². The van der Waals surface area contributed by atoms with Gasteiger partial charge in [-0.3, -0.25) is 0 Å². The molecule has 4 nitrogen and oxygen atoms in total. The molecule has 0 unspecified atom stereocenters. The first-order valence-electron chi connectivity index (χ1n) is 8.94. The number of sulfonamides is 1. The van der Waals surface area contributed by atoms with E-state index in [-0.39, 0.29) is 0 Å². The van der Waals surface area contributed by atoms with Gasteiger partial charge in [0, 0.05) is 36.3 Å². The lowest BCUT2D eigenvalue weighted by atomic mass is 10.1. The Morgan fingerprint density at radius 1 is 1.00 bits per heavy atom. The summed E-state index contributed by atoms with van der Waals surface area (Å²) in [5.74, 6) is 0. The molecule has 0 N–H and O–H groups in total. The van der Waals surface area contributed by atoms with E-state index in [2.05, 4.69) is 46.0 Å². The van der Waals surface area contributed by atoms with E-state index in [0.717, 1.165) is 17.5 Å². The van der Waals surface area contributed by atoms with Gasteiger partial charge in [0.2, 0.25) is 10.0 Å². The fourth-order valence-corrected chi connectivity index (χ4v) is 6.00. The molecule has 1 fully saturated rings. The van der Waals surface area contributed by atoms with Crippen LogP contribution in [0.15, 0.2) is 45.8 Å². The zero-order chi connectivity index (χ0) is 18.9. The smallest absolute Gasteiger partial charge is 0.244 e. The number of halogens is 1. The Hall–Kier alpha value is -1.37. The number of hydrogen-bond donors (Lipinski definition) is 0. The molecule has 140 valence electrons. The molecule has 1 aliphatic rings. The first-order valence-corrected chi connectivity index (χ1v) is 11.2. The van der Waals surface area contributed by atoms with Gasteiger partial charge >= 0.3 is 0 Å². The van der Waals surface area contributed by atoms with Crippen LogP contribution >= 0.6 is 15.9 Å². The Balaban J connectivity index is 1.80. The van der Waals surface area contributed by atoms with Crippen molar-refractivity contribution in [2.45, 2.75) is 32.1 Å². The lowest BCUT2D eigenvalue weighted by molar-refractivity contribution is 0.384. The van der Waals surface area contributed by atoms with E-state index in [1.807, 2.05) is 26.0 Å². The van der Waals surface area contributed by atoms with E-state index in [4.69, 9.17) is 0 Å². The summed E-state index contributed by atoms with van der Waals surface area (Å²) in [6.07, 6.45) is 0.976. The topological polar surface area (TPSA) is 40.6 Å². The molecule has 0 spiro atoms. The zero-order valence-corrected chi connectivity index (χ0v) is 17.9. The summed E-state index contributed by atoms with van der Waals surface area (Å²) in [7, 11) is -3.49. The number of para-hydroxylation sites is 1. The van der Waals surface area contributed by atoms with Gasteiger partial charge in [0.25, 0.3) is 0 Å². The van der Waals surface area contributed by atoms with Crippen molar-refractivity contribution in [3.05, 3.63) is 57.6 Å². The van der Waals surface area contributed by atoms with Crippen molar-refractivity contribution in [2.24, 2.45) is 0 Å². The fourth-order valence-electron chi connectivity index (χ4n) is 3.38. The molecule has 3 rings (SSSR count). The Labute approximate surface area is 165 Å². The van der Waals surface area contributed by atoms with Crippen LogP contribution in [0.25, 0.3) is 0 Å². The average Bonchev–Trinajstić information content (AvgIpc) is 2.64. The third-order valence-electron chi connectivity index (χ3n) is 5.12. The first kappa shape index (κ1) is 19.4. The van der Waals surface area contributed by atoms with Gasteiger partial charge in [0.05, 0.1) is 4.90 Å². The molecular formula is C20H25BrN2O2S. The molecule has 0 amide bonds. The van der Waals surface area contributed by atoms with Crippen LogP contribution in [0.3, 0.4) is 0 Å². The second-order valence-corrected chi connectivity index (χ2v) is 9.50. The van der Waals surface area contributed by atoms with Gasteiger partial charge in [-0.25, -0.2) is 8.42 Å². The molecule has 1 saturated heterocycles. The maximum atomic E-state index is 13.1. The molecule has 0 bridgehead atoms. The van der Waals surface area contributed by atoms with Crippen LogP contribution in [0.2, 0.25) is 0 Å². The van der Waals surface area contributed by atoms with Crippen LogP contribution < -0.4 is 4.90 Å². The van der Waals surface area contributed by atoms with Crippen LogP contribution in [0.4, 0.5) is 5.69 Å². The van der Waals surface area contributed by atoms with Crippen LogP contribution in [0.1, 0.15) is 23.6 Å². The van der Waals surface area contributed by atoms with E-state index in [9.17, 15) is 8.42 Å². The van der Waals surface area contributed by atoms with Crippen molar-refractivity contribution in [1.82, 2.24) is 4.31 Å². The SMILES string of the molecule is CCc1ccccc1N1CCN(S(=O)(=O)c2cc(C)c(C)cc2Br)CC1. The van der Waals surface area contributed by atoms with Crippen molar-refractivity contribution in [3.8, 4) is 0 Å². The highest BCUT2D eigenvalue weighted by atomic mass is 79.9. The van der Waals surface area contributed by atoms with Gasteiger partial charge in [-0.05, 0) is 71.1 Å². The summed E-state index contributed by atoms with van der Waals surface area (Å²) in [6, 6.07) is 12.0. The Kier molecular flexibility index (Phi) is 5.75. The van der Waals surface area contributed by atoms with Crippen LogP contribution in [-0.2, 0) is 16.4 Å². The standard InChI is InChI=1S/C20H25BrN2O2S/c1-4-17-7-5-6-8-19(17)22-9-11-23(12-10-22)26(24,25)20-14-16(3)15(2)13-18(20)21/h5-8,13-14H,4,9-12H2,1-3H3. The molecule has 2 aromatic carbocycles. The monoisotopic (exact) mass is 436 g/mol. The molecule has 0 saturated carbocycles. The van der Waals surface area contributed by atoms with E-state index in [0.29, 0.717) is 35.5 Å². The Morgan fingerprint density at radius 3 is 2.27 bits per heavy atom. The van der Waals surface area contributed by atoms with Gasteiger partial charge in [0.15, 0.2) is 0 Å². The third kappa shape index (κ3) is 3.68. The lowest BCUT2D eigenvalue weighted by Gasteiger charge is -2.36. The predicted molar refractivity (Wildman–Crippen MR) is 110 cm³/mol. The van der Waals surface area contributed by atoms with Crippen molar-refractivity contribution in [1.29, 1.82) is 0 Å². The molecule has 0 atom stereocenters. The molecule has 6 heteroatoms. The minimum Gasteiger partial charge on any atom is -0.369 e. The van der Waals surface area contributed by atoms with Crippen molar-refractivity contribution in [2.75, 3.05) is 31.1 Å². The van der Waals surface area contributed by atoms with E-state index < -0.39 is 10.0 Å². The third-order valence-corrected chi connectivity index (χ3v) is 7.97. The molecule has 1 aliphatic heterocycles. The Bertz CT molecular complexity index is 904. The average molecular weight is 437 g/mol. The normalized spacial score (nSPS) is 16.1. The molecule has 26 heavy (non-hydrogen) atoms. The first-order chi connectivity index (χ1) is 12.3. The largest absolute Gasteiger partial charge is 0.369 e. The van der Waals surface area contributed by atoms with Crippen LogP contribution in [-0.4, -0.2) is 38.9 Å². The maximum Gasteiger partial charge on any atom is 0.244 e. The number of aryl methyl sites for hydroxylation is 3. The predicted octanol–water partition coefficient (Wildman–Crippen LogP) is 4.14. The molecule has 1 heterocycles. The molecule has 2 aromatic rings. The van der Waals surface area contributed by atoms with Crippen molar-refractivity contribution < 1.29 is 8.42 Å². The lowest BCUT2D eigenvalue weighted by Crippen LogP contribution is -2.49. The summed E-state index contributed by atoms with van der Waals surface area (Å²) in [4.78, 5) is 2.66. The molecular weight excluding hydrogens is 412 g/mol. The summed E-state index contributed by atoms with van der Waals surface area (Å²) in [5, 5.41) is 0. The second-order valence-electron chi connectivity index (χ2n) is 6.74. The number of rotatable bonds is 4. The minimum atomic E-state index is -3.49.